The van der Waals surface area contributed by atoms with Gasteiger partial charge in [0.05, 0.1) is 22.6 Å². The van der Waals surface area contributed by atoms with Gasteiger partial charge in [0.2, 0.25) is 0 Å². The highest BCUT2D eigenvalue weighted by Gasteiger charge is 2.36. The smallest absolute Gasteiger partial charge is 0.330 e. The lowest BCUT2D eigenvalue weighted by atomic mass is 9.79. The first-order valence-corrected chi connectivity index (χ1v) is 21.9. The van der Waals surface area contributed by atoms with Gasteiger partial charge in [-0.1, -0.05) is 139 Å². The Bertz CT molecular complexity index is 3340. The summed E-state index contributed by atoms with van der Waals surface area (Å²) < 4.78 is 19.1. The van der Waals surface area contributed by atoms with Crippen LogP contribution in [-0.2, 0) is 4.65 Å². The maximum atomic E-state index is 11.0. The molecule has 0 aliphatic heterocycles. The first kappa shape index (κ1) is 40.2. The summed E-state index contributed by atoms with van der Waals surface area (Å²) in [6.07, 6.45) is 3.89. The van der Waals surface area contributed by atoms with Gasteiger partial charge in [-0.25, -0.2) is 0 Å². The van der Waals surface area contributed by atoms with E-state index in [0.717, 1.165) is 116 Å². The second-order valence-electron chi connectivity index (χ2n) is 17.7. The number of aromatic nitrogens is 2. The summed E-state index contributed by atoms with van der Waals surface area (Å²) in [6.45, 7) is 7.33. The van der Waals surface area contributed by atoms with Gasteiger partial charge in [0, 0.05) is 56.2 Å². The minimum Gasteiger partial charge on any atom is -0.455 e. The molecule has 0 unspecified atom stereocenters. The zero-order chi connectivity index (χ0) is 44.3. The minimum absolute atomic E-state index is 0.831. The number of fused-ring (bicyclic) bond motifs is 6. The van der Waals surface area contributed by atoms with Gasteiger partial charge in [0.15, 0.2) is 0 Å². The lowest BCUT2D eigenvalue weighted by Crippen LogP contribution is -2.49. The molecule has 4 aromatic heterocycles. The van der Waals surface area contributed by atoms with Gasteiger partial charge in [-0.05, 0) is 104 Å². The molecule has 7 heteroatoms. The van der Waals surface area contributed by atoms with E-state index in [1.807, 2.05) is 62.6 Å². The number of furan rings is 2. The number of para-hydroxylation sites is 4. The number of benzene rings is 7. The first-order chi connectivity index (χ1) is 31.6. The van der Waals surface area contributed by atoms with Crippen LogP contribution >= 0.6 is 0 Å². The lowest BCUT2D eigenvalue weighted by Gasteiger charge is -2.37. The van der Waals surface area contributed by atoms with Crippen molar-refractivity contribution in [3.8, 4) is 67.0 Å². The molecule has 0 amide bonds. The molecule has 0 aliphatic carbocycles. The van der Waals surface area contributed by atoms with Crippen LogP contribution in [0.5, 0.6) is 0 Å². The molecule has 65 heavy (non-hydrogen) atoms. The average molecular weight is 844 g/mol. The Labute approximate surface area is 378 Å². The molecule has 7 aromatic carbocycles. The summed E-state index contributed by atoms with van der Waals surface area (Å²) in [6, 6.07) is 60.5. The zero-order valence-electron chi connectivity index (χ0n) is 36.5. The third kappa shape index (κ3) is 7.29. The Balaban J connectivity index is 0.980. The summed E-state index contributed by atoms with van der Waals surface area (Å²) >= 11 is 0. The number of hydrogen-bond donors (Lipinski definition) is 1. The fraction of sp³-hybridized carbons (Fsp3) is 0.103. The average Bonchev–Trinajstić information content (AvgIpc) is 3.92. The Morgan fingerprint density at radius 1 is 0.431 bits per heavy atom. The quantitative estimate of drug-likeness (QED) is 0.138. The van der Waals surface area contributed by atoms with Gasteiger partial charge in [-0.3, -0.25) is 9.97 Å². The third-order valence-electron chi connectivity index (χ3n) is 12.9. The van der Waals surface area contributed by atoms with Gasteiger partial charge in [0.25, 0.3) is 0 Å². The second kappa shape index (κ2) is 15.9. The summed E-state index contributed by atoms with van der Waals surface area (Å²) in [5.41, 5.74) is 14.0. The van der Waals surface area contributed by atoms with Crippen molar-refractivity contribution in [2.45, 2.75) is 38.9 Å². The molecule has 0 bridgehead atoms. The molecule has 0 aliphatic rings. The summed E-state index contributed by atoms with van der Waals surface area (Å²) in [7, 11) is 1.76. The standard InChI is InChI=1S/C58H44BN2O4/c1-57(2,62)58(3,4)65-59-40-32-38(43-17-7-5-15-41(43)36-27-29-51(60-34-36)49-23-13-21-47-45-19-9-11-25-53(45)63-55(47)49)31-39(33-40)44-18-8-6-16-42(44)37-28-30-52(61-35-37)50-24-14-22-48-46-20-10-12-26-54(46)64-56(48)50/h5-35,62H,1-4H3. The maximum absolute atomic E-state index is 11.0. The molecule has 0 atom stereocenters. The van der Waals surface area contributed by atoms with E-state index in [-0.39, 0.29) is 0 Å². The summed E-state index contributed by atoms with van der Waals surface area (Å²) in [4.78, 5) is 10.0. The fourth-order valence-electron chi connectivity index (χ4n) is 8.69. The van der Waals surface area contributed by atoms with Crippen molar-refractivity contribution in [2.24, 2.45) is 0 Å². The van der Waals surface area contributed by atoms with Crippen molar-refractivity contribution in [1.82, 2.24) is 9.97 Å². The van der Waals surface area contributed by atoms with E-state index in [1.165, 1.54) is 0 Å². The second-order valence-corrected chi connectivity index (χ2v) is 17.7. The van der Waals surface area contributed by atoms with Crippen LogP contribution in [-0.4, -0.2) is 33.8 Å². The Morgan fingerprint density at radius 3 is 1.26 bits per heavy atom. The highest BCUT2D eigenvalue weighted by molar-refractivity contribution is 6.47. The molecule has 6 nitrogen and oxygen atoms in total. The van der Waals surface area contributed by atoms with Crippen LogP contribution in [0.3, 0.4) is 0 Å². The van der Waals surface area contributed by atoms with Crippen molar-refractivity contribution >= 4 is 56.8 Å². The predicted octanol–water partition coefficient (Wildman–Crippen LogP) is 14.1. The molecule has 313 valence electrons. The van der Waals surface area contributed by atoms with Gasteiger partial charge in [0.1, 0.15) is 22.3 Å². The highest BCUT2D eigenvalue weighted by atomic mass is 16.5. The number of rotatable bonds is 10. The van der Waals surface area contributed by atoms with Gasteiger partial charge < -0.3 is 18.6 Å². The predicted molar refractivity (Wildman–Crippen MR) is 266 cm³/mol. The number of nitrogens with zero attached hydrogens (tertiary/aromatic N) is 2. The van der Waals surface area contributed by atoms with Crippen molar-refractivity contribution < 1.29 is 18.6 Å². The number of hydrogen-bond acceptors (Lipinski definition) is 6. The van der Waals surface area contributed by atoms with Gasteiger partial charge >= 0.3 is 7.48 Å². The summed E-state index contributed by atoms with van der Waals surface area (Å²) in [5, 5.41) is 15.3. The molecule has 11 rings (SSSR count). The Morgan fingerprint density at radius 2 is 0.831 bits per heavy atom. The lowest BCUT2D eigenvalue weighted by molar-refractivity contribution is -0.0893. The minimum atomic E-state index is -1.09. The summed E-state index contributed by atoms with van der Waals surface area (Å²) in [5.74, 6) is 0. The van der Waals surface area contributed by atoms with E-state index in [1.54, 1.807) is 21.3 Å². The van der Waals surface area contributed by atoms with Crippen LogP contribution in [0, 0.1) is 0 Å². The fourth-order valence-corrected chi connectivity index (χ4v) is 8.69. The largest absolute Gasteiger partial charge is 0.455 e. The van der Waals surface area contributed by atoms with Crippen LogP contribution in [0.2, 0.25) is 0 Å². The third-order valence-corrected chi connectivity index (χ3v) is 12.9. The molecule has 0 saturated heterocycles. The molecular weight excluding hydrogens is 799 g/mol. The van der Waals surface area contributed by atoms with E-state index in [0.29, 0.717) is 0 Å². The van der Waals surface area contributed by atoms with E-state index < -0.39 is 11.2 Å². The van der Waals surface area contributed by atoms with Crippen molar-refractivity contribution in [3.63, 3.8) is 0 Å². The maximum Gasteiger partial charge on any atom is 0.330 e. The SMILES string of the molecule is CC(C)(O)C(C)(C)O[B]c1cc(-c2ccccc2-c2ccc(-c3cccc4c3oc3ccccc34)nc2)cc(-c2ccccc2-c2ccc(-c3cccc4c3oc3ccccc34)nc2)c1. The monoisotopic (exact) mass is 843 g/mol. The van der Waals surface area contributed by atoms with E-state index in [9.17, 15) is 5.11 Å². The molecule has 11 aromatic rings. The highest BCUT2D eigenvalue weighted by Crippen LogP contribution is 2.40. The van der Waals surface area contributed by atoms with Crippen LogP contribution in [0.25, 0.3) is 111 Å². The molecule has 0 spiro atoms. The van der Waals surface area contributed by atoms with Crippen molar-refractivity contribution in [1.29, 1.82) is 0 Å². The Hall–Kier alpha value is -7.58. The molecule has 4 heterocycles. The molecule has 1 radical (unpaired) electrons. The van der Waals surface area contributed by atoms with Crippen molar-refractivity contribution in [3.05, 3.63) is 188 Å². The Kier molecular flexibility index (Phi) is 9.83. The van der Waals surface area contributed by atoms with Crippen LogP contribution in [0.1, 0.15) is 27.7 Å². The van der Waals surface area contributed by atoms with Crippen LogP contribution < -0.4 is 5.46 Å². The molecule has 0 fully saturated rings. The molecule has 0 saturated carbocycles. The molecular formula is C58H44BN2O4. The topological polar surface area (TPSA) is 81.5 Å². The van der Waals surface area contributed by atoms with Crippen LogP contribution in [0.4, 0.5) is 0 Å². The van der Waals surface area contributed by atoms with E-state index in [2.05, 4.69) is 140 Å². The van der Waals surface area contributed by atoms with E-state index in [4.69, 9.17) is 23.5 Å². The number of pyridine rings is 2. The first-order valence-electron chi connectivity index (χ1n) is 21.9. The van der Waals surface area contributed by atoms with E-state index >= 15 is 0 Å². The normalized spacial score (nSPS) is 12.1. The van der Waals surface area contributed by atoms with Crippen LogP contribution in [0.15, 0.2) is 197 Å². The van der Waals surface area contributed by atoms with Gasteiger partial charge in [-0.15, -0.1) is 0 Å². The molecule has 1 N–H and O–H groups in total. The van der Waals surface area contributed by atoms with Crippen molar-refractivity contribution in [2.75, 3.05) is 0 Å². The number of aliphatic hydroxyl groups is 1. The van der Waals surface area contributed by atoms with Gasteiger partial charge in [-0.2, -0.15) is 0 Å². The zero-order valence-corrected chi connectivity index (χ0v) is 36.5.